The number of hydrogen-bond acceptors (Lipinski definition) is 3. The van der Waals surface area contributed by atoms with Gasteiger partial charge in [0, 0.05) is 4.88 Å². The van der Waals surface area contributed by atoms with Crippen LogP contribution in [0.2, 0.25) is 0 Å². The number of nitrogens with zero attached hydrogens (tertiary/aromatic N) is 1. The van der Waals surface area contributed by atoms with Gasteiger partial charge in [0.25, 0.3) is 0 Å². The van der Waals surface area contributed by atoms with E-state index in [-0.39, 0.29) is 5.54 Å². The molecular weight excluding hydrogens is 264 g/mol. The van der Waals surface area contributed by atoms with E-state index in [1.807, 2.05) is 11.3 Å². The summed E-state index contributed by atoms with van der Waals surface area (Å²) in [6.07, 6.45) is 5.76. The van der Waals surface area contributed by atoms with Gasteiger partial charge < -0.3 is 5.73 Å². The molecule has 2 rings (SSSR count). The van der Waals surface area contributed by atoms with Gasteiger partial charge in [0.15, 0.2) is 0 Å². The summed E-state index contributed by atoms with van der Waals surface area (Å²) in [4.78, 5) is 6.44. The van der Waals surface area contributed by atoms with Crippen molar-refractivity contribution in [3.8, 4) is 0 Å². The first-order valence-corrected chi connectivity index (χ1v) is 8.92. The van der Waals surface area contributed by atoms with E-state index in [0.717, 1.165) is 25.2 Å². The van der Waals surface area contributed by atoms with E-state index in [4.69, 9.17) is 10.7 Å². The second-order valence-corrected chi connectivity index (χ2v) is 8.45. The van der Waals surface area contributed by atoms with Crippen LogP contribution in [0.5, 0.6) is 0 Å². The lowest BCUT2D eigenvalue weighted by molar-refractivity contribution is 0.247. The van der Waals surface area contributed by atoms with Gasteiger partial charge >= 0.3 is 0 Å². The fourth-order valence-corrected chi connectivity index (χ4v) is 4.31. The molecule has 1 saturated carbocycles. The van der Waals surface area contributed by atoms with Crippen molar-refractivity contribution in [2.24, 2.45) is 17.6 Å². The highest BCUT2D eigenvalue weighted by Crippen LogP contribution is 2.41. The van der Waals surface area contributed by atoms with E-state index in [2.05, 4.69) is 34.6 Å². The van der Waals surface area contributed by atoms with Crippen LogP contribution in [0.25, 0.3) is 0 Å². The highest BCUT2D eigenvalue weighted by Gasteiger charge is 2.35. The Morgan fingerprint density at radius 1 is 1.25 bits per heavy atom. The van der Waals surface area contributed by atoms with Crippen molar-refractivity contribution in [3.05, 3.63) is 15.6 Å². The third kappa shape index (κ3) is 3.43. The fourth-order valence-electron chi connectivity index (χ4n) is 3.05. The first-order chi connectivity index (χ1) is 9.32. The minimum atomic E-state index is -0.157. The summed E-state index contributed by atoms with van der Waals surface area (Å²) in [5.41, 5.74) is 7.85. The van der Waals surface area contributed by atoms with Gasteiger partial charge in [0.2, 0.25) is 0 Å². The zero-order valence-electron chi connectivity index (χ0n) is 13.7. The molecule has 1 aliphatic rings. The molecule has 0 spiro atoms. The molecule has 0 atom stereocenters. The Labute approximate surface area is 128 Å². The molecule has 2 nitrogen and oxygen atoms in total. The SMILES string of the molecule is CC(C)Cc1nc(C2(N)CCC(C)CC2)sc1C(C)C. The molecule has 1 aromatic heterocycles. The Morgan fingerprint density at radius 2 is 1.85 bits per heavy atom. The molecule has 0 bridgehead atoms. The Bertz CT molecular complexity index is 440. The standard InChI is InChI=1S/C17H30N2S/c1-11(2)10-14-15(12(3)4)20-16(19-14)17(18)8-6-13(5)7-9-17/h11-13H,6-10,18H2,1-5H3. The summed E-state index contributed by atoms with van der Waals surface area (Å²) < 4.78 is 0. The molecule has 1 aliphatic carbocycles. The minimum Gasteiger partial charge on any atom is -0.319 e. The molecule has 2 N–H and O–H groups in total. The highest BCUT2D eigenvalue weighted by molar-refractivity contribution is 7.12. The van der Waals surface area contributed by atoms with Gasteiger partial charge in [0.1, 0.15) is 5.01 Å². The molecule has 0 aromatic carbocycles. The number of rotatable bonds is 4. The van der Waals surface area contributed by atoms with Gasteiger partial charge in [-0.15, -0.1) is 11.3 Å². The second-order valence-electron chi connectivity index (χ2n) is 7.42. The fraction of sp³-hybridized carbons (Fsp3) is 0.824. The molecule has 1 aromatic rings. The summed E-state index contributed by atoms with van der Waals surface area (Å²) in [7, 11) is 0. The van der Waals surface area contributed by atoms with Gasteiger partial charge in [-0.25, -0.2) is 4.98 Å². The van der Waals surface area contributed by atoms with E-state index in [1.54, 1.807) is 0 Å². The van der Waals surface area contributed by atoms with E-state index in [9.17, 15) is 0 Å². The van der Waals surface area contributed by atoms with Crippen LogP contribution in [0.1, 0.15) is 81.8 Å². The molecule has 114 valence electrons. The van der Waals surface area contributed by atoms with E-state index >= 15 is 0 Å². The summed E-state index contributed by atoms with van der Waals surface area (Å²) >= 11 is 1.88. The average molecular weight is 295 g/mol. The molecule has 0 saturated heterocycles. The first-order valence-electron chi connectivity index (χ1n) is 8.10. The lowest BCUT2D eigenvalue weighted by atomic mass is 9.78. The summed E-state index contributed by atoms with van der Waals surface area (Å²) in [5.74, 6) is 2.04. The molecular formula is C17H30N2S. The third-order valence-corrected chi connectivity index (χ3v) is 6.06. The zero-order valence-corrected chi connectivity index (χ0v) is 14.5. The Kier molecular flexibility index (Phi) is 4.91. The van der Waals surface area contributed by atoms with Gasteiger partial charge in [-0.3, -0.25) is 0 Å². The summed E-state index contributed by atoms with van der Waals surface area (Å²) in [6.45, 7) is 11.4. The predicted octanol–water partition coefficient (Wildman–Crippen LogP) is 4.83. The number of thiazole rings is 1. The third-order valence-electron chi connectivity index (χ3n) is 4.45. The number of nitrogens with two attached hydrogens (primary N) is 1. The molecule has 20 heavy (non-hydrogen) atoms. The zero-order chi connectivity index (χ0) is 14.9. The lowest BCUT2D eigenvalue weighted by Gasteiger charge is -2.34. The maximum atomic E-state index is 6.70. The number of hydrogen-bond donors (Lipinski definition) is 1. The maximum Gasteiger partial charge on any atom is 0.113 e. The van der Waals surface area contributed by atoms with E-state index in [0.29, 0.717) is 11.8 Å². The second kappa shape index (κ2) is 6.15. The Balaban J connectivity index is 2.28. The van der Waals surface area contributed by atoms with Crippen LogP contribution >= 0.6 is 11.3 Å². The van der Waals surface area contributed by atoms with Crippen LogP contribution in [0.15, 0.2) is 0 Å². The summed E-state index contributed by atoms with van der Waals surface area (Å²) in [6, 6.07) is 0. The normalized spacial score (nSPS) is 27.5. The van der Waals surface area contributed by atoms with E-state index < -0.39 is 0 Å². The Hall–Kier alpha value is -0.410. The maximum absolute atomic E-state index is 6.70. The lowest BCUT2D eigenvalue weighted by Crippen LogP contribution is -2.40. The first kappa shape index (κ1) is 16.0. The average Bonchev–Trinajstić information content (AvgIpc) is 2.77. The molecule has 0 radical (unpaired) electrons. The van der Waals surface area contributed by atoms with Gasteiger partial charge in [-0.05, 0) is 49.9 Å². The molecule has 0 amide bonds. The van der Waals surface area contributed by atoms with Crippen LogP contribution < -0.4 is 5.73 Å². The highest BCUT2D eigenvalue weighted by atomic mass is 32.1. The van der Waals surface area contributed by atoms with Crippen LogP contribution in [-0.2, 0) is 12.0 Å². The van der Waals surface area contributed by atoms with Crippen molar-refractivity contribution in [3.63, 3.8) is 0 Å². The smallest absolute Gasteiger partial charge is 0.113 e. The molecule has 0 unspecified atom stereocenters. The Morgan fingerprint density at radius 3 is 2.35 bits per heavy atom. The minimum absolute atomic E-state index is 0.157. The van der Waals surface area contributed by atoms with Crippen molar-refractivity contribution in [2.75, 3.05) is 0 Å². The van der Waals surface area contributed by atoms with Crippen LogP contribution in [0.3, 0.4) is 0 Å². The predicted molar refractivity (Wildman–Crippen MR) is 88.2 cm³/mol. The quantitative estimate of drug-likeness (QED) is 0.864. The topological polar surface area (TPSA) is 38.9 Å². The van der Waals surface area contributed by atoms with Crippen LogP contribution in [0, 0.1) is 11.8 Å². The van der Waals surface area contributed by atoms with Crippen molar-refractivity contribution >= 4 is 11.3 Å². The molecule has 1 heterocycles. The number of aromatic nitrogens is 1. The van der Waals surface area contributed by atoms with E-state index in [1.165, 1.54) is 28.4 Å². The molecule has 1 fully saturated rings. The molecule has 3 heteroatoms. The van der Waals surface area contributed by atoms with Crippen LogP contribution in [0.4, 0.5) is 0 Å². The largest absolute Gasteiger partial charge is 0.319 e. The van der Waals surface area contributed by atoms with Crippen molar-refractivity contribution in [2.45, 2.75) is 78.2 Å². The van der Waals surface area contributed by atoms with Crippen molar-refractivity contribution < 1.29 is 0 Å². The molecule has 0 aliphatic heterocycles. The van der Waals surface area contributed by atoms with Gasteiger partial charge in [0.05, 0.1) is 11.2 Å². The van der Waals surface area contributed by atoms with Crippen molar-refractivity contribution in [1.82, 2.24) is 4.98 Å². The summed E-state index contributed by atoms with van der Waals surface area (Å²) in [5, 5.41) is 1.20. The monoisotopic (exact) mass is 294 g/mol. The van der Waals surface area contributed by atoms with Gasteiger partial charge in [-0.2, -0.15) is 0 Å². The van der Waals surface area contributed by atoms with Crippen molar-refractivity contribution in [1.29, 1.82) is 0 Å². The van der Waals surface area contributed by atoms with Gasteiger partial charge in [-0.1, -0.05) is 34.6 Å². The van der Waals surface area contributed by atoms with Crippen LogP contribution in [-0.4, -0.2) is 4.98 Å².